The molecule has 0 aliphatic heterocycles. The zero-order valence-electron chi connectivity index (χ0n) is 10.2. The van der Waals surface area contributed by atoms with Crippen molar-refractivity contribution in [3.8, 4) is 0 Å². The molecule has 0 N–H and O–H groups in total. The monoisotopic (exact) mass is 214 g/mol. The largest absolute Gasteiger partial charge is 0.349 e. The van der Waals surface area contributed by atoms with E-state index in [-0.39, 0.29) is 11.7 Å². The van der Waals surface area contributed by atoms with Crippen LogP contribution in [-0.2, 0) is 14.3 Å². The van der Waals surface area contributed by atoms with E-state index in [0.717, 1.165) is 25.2 Å². The molecule has 0 bridgehead atoms. The Kier molecular flexibility index (Phi) is 4.74. The average Bonchev–Trinajstić information content (AvgIpc) is 2.23. The highest BCUT2D eigenvalue weighted by atomic mass is 16.7. The third-order valence-electron chi connectivity index (χ3n) is 3.66. The van der Waals surface area contributed by atoms with Crippen molar-refractivity contribution in [3.05, 3.63) is 0 Å². The molecule has 1 fully saturated rings. The maximum Gasteiger partial charge on any atom is 0.217 e. The summed E-state index contributed by atoms with van der Waals surface area (Å²) in [5.41, 5.74) is 0. The Balaban J connectivity index is 2.53. The van der Waals surface area contributed by atoms with Crippen LogP contribution < -0.4 is 0 Å². The molecule has 0 aromatic rings. The maximum atomic E-state index is 12.0. The second kappa shape index (κ2) is 5.61. The van der Waals surface area contributed by atoms with Gasteiger partial charge in [0, 0.05) is 20.1 Å². The Morgan fingerprint density at radius 1 is 1.13 bits per heavy atom. The normalized spacial score (nSPS) is 31.9. The van der Waals surface area contributed by atoms with Gasteiger partial charge in [0.15, 0.2) is 5.78 Å². The van der Waals surface area contributed by atoms with Crippen LogP contribution >= 0.6 is 0 Å². The highest BCUT2D eigenvalue weighted by Crippen LogP contribution is 2.34. The number of ketones is 1. The number of ether oxygens (including phenoxy) is 2. The van der Waals surface area contributed by atoms with Gasteiger partial charge in [-0.3, -0.25) is 4.79 Å². The number of methoxy groups -OCH3 is 2. The molecule has 3 atom stereocenters. The summed E-state index contributed by atoms with van der Waals surface area (Å²) in [4.78, 5) is 12.0. The molecule has 1 aliphatic carbocycles. The highest BCUT2D eigenvalue weighted by molar-refractivity contribution is 5.84. The zero-order chi connectivity index (χ0) is 11.4. The minimum absolute atomic E-state index is 0.110. The Morgan fingerprint density at radius 2 is 1.73 bits per heavy atom. The average molecular weight is 214 g/mol. The Labute approximate surface area is 92.1 Å². The van der Waals surface area contributed by atoms with Crippen LogP contribution in [0.4, 0.5) is 0 Å². The zero-order valence-corrected chi connectivity index (χ0v) is 10.2. The molecule has 3 heteroatoms. The topological polar surface area (TPSA) is 35.5 Å². The Bertz CT molecular complexity index is 211. The van der Waals surface area contributed by atoms with E-state index in [2.05, 4.69) is 13.8 Å². The van der Waals surface area contributed by atoms with Gasteiger partial charge in [0.2, 0.25) is 6.29 Å². The molecular weight excluding hydrogens is 192 g/mol. The lowest BCUT2D eigenvalue weighted by atomic mass is 9.74. The van der Waals surface area contributed by atoms with Gasteiger partial charge in [0.1, 0.15) is 0 Å². The molecule has 88 valence electrons. The summed E-state index contributed by atoms with van der Waals surface area (Å²) in [5, 5.41) is 0. The standard InChI is InChI=1S/C12H22O3/c1-8-5-6-10(7-9(8)2)11(13)12(14-3)15-4/h8-10,12H,5-7H2,1-4H3. The number of hydrogen-bond donors (Lipinski definition) is 0. The lowest BCUT2D eigenvalue weighted by Gasteiger charge is -2.32. The summed E-state index contributed by atoms with van der Waals surface area (Å²) in [6.45, 7) is 4.48. The molecule has 1 rings (SSSR count). The summed E-state index contributed by atoms with van der Waals surface area (Å²) < 4.78 is 10.0. The first-order valence-electron chi connectivity index (χ1n) is 5.69. The molecular formula is C12H22O3. The Morgan fingerprint density at radius 3 is 2.20 bits per heavy atom. The fourth-order valence-electron chi connectivity index (χ4n) is 2.33. The van der Waals surface area contributed by atoms with Crippen molar-refractivity contribution in [1.29, 1.82) is 0 Å². The fraction of sp³-hybridized carbons (Fsp3) is 0.917. The molecule has 1 aliphatic rings. The summed E-state index contributed by atoms with van der Waals surface area (Å²) in [7, 11) is 3.03. The lowest BCUT2D eigenvalue weighted by Crippen LogP contribution is -2.35. The van der Waals surface area contributed by atoms with Crippen LogP contribution in [0.3, 0.4) is 0 Å². The van der Waals surface area contributed by atoms with E-state index in [1.54, 1.807) is 0 Å². The molecule has 0 saturated heterocycles. The van der Waals surface area contributed by atoms with Crippen LogP contribution in [0.1, 0.15) is 33.1 Å². The lowest BCUT2D eigenvalue weighted by molar-refractivity contribution is -0.162. The van der Waals surface area contributed by atoms with Crippen LogP contribution in [0.25, 0.3) is 0 Å². The predicted molar refractivity (Wildman–Crippen MR) is 58.5 cm³/mol. The molecule has 0 spiro atoms. The summed E-state index contributed by atoms with van der Waals surface area (Å²) in [5.74, 6) is 1.60. The summed E-state index contributed by atoms with van der Waals surface area (Å²) in [6.07, 6.45) is 2.42. The molecule has 0 aromatic carbocycles. The van der Waals surface area contributed by atoms with Crippen molar-refractivity contribution in [1.82, 2.24) is 0 Å². The van der Waals surface area contributed by atoms with Crippen LogP contribution in [0.2, 0.25) is 0 Å². The van der Waals surface area contributed by atoms with Crippen molar-refractivity contribution < 1.29 is 14.3 Å². The van der Waals surface area contributed by atoms with Crippen molar-refractivity contribution >= 4 is 5.78 Å². The number of carbonyl (C=O) groups is 1. The molecule has 15 heavy (non-hydrogen) atoms. The van der Waals surface area contributed by atoms with Crippen LogP contribution in [0.15, 0.2) is 0 Å². The molecule has 3 unspecified atom stereocenters. The fourth-order valence-corrected chi connectivity index (χ4v) is 2.33. The van der Waals surface area contributed by atoms with Crippen LogP contribution in [0, 0.1) is 17.8 Å². The van der Waals surface area contributed by atoms with E-state index in [4.69, 9.17) is 9.47 Å². The van der Waals surface area contributed by atoms with Crippen molar-refractivity contribution in [2.24, 2.45) is 17.8 Å². The predicted octanol–water partition coefficient (Wildman–Crippen LogP) is 2.25. The van der Waals surface area contributed by atoms with Crippen molar-refractivity contribution in [2.75, 3.05) is 14.2 Å². The number of hydrogen-bond acceptors (Lipinski definition) is 3. The minimum atomic E-state index is -0.671. The molecule has 0 heterocycles. The van der Waals surface area contributed by atoms with E-state index < -0.39 is 6.29 Å². The quantitative estimate of drug-likeness (QED) is 0.673. The second-order valence-electron chi connectivity index (χ2n) is 4.67. The van der Waals surface area contributed by atoms with Crippen LogP contribution in [-0.4, -0.2) is 26.3 Å². The van der Waals surface area contributed by atoms with Gasteiger partial charge in [-0.05, 0) is 31.1 Å². The SMILES string of the molecule is COC(OC)C(=O)C1CCC(C)C(C)C1. The van der Waals surface area contributed by atoms with Crippen LogP contribution in [0.5, 0.6) is 0 Å². The summed E-state index contributed by atoms with van der Waals surface area (Å²) in [6, 6.07) is 0. The maximum absolute atomic E-state index is 12.0. The van der Waals surface area contributed by atoms with E-state index in [9.17, 15) is 4.79 Å². The van der Waals surface area contributed by atoms with E-state index in [1.165, 1.54) is 14.2 Å². The first-order chi connectivity index (χ1) is 7.10. The minimum Gasteiger partial charge on any atom is -0.349 e. The molecule has 3 nitrogen and oxygen atoms in total. The molecule has 0 aromatic heterocycles. The third-order valence-corrected chi connectivity index (χ3v) is 3.66. The third kappa shape index (κ3) is 3.02. The van der Waals surface area contributed by atoms with Crippen molar-refractivity contribution in [3.63, 3.8) is 0 Å². The van der Waals surface area contributed by atoms with Gasteiger partial charge in [0.25, 0.3) is 0 Å². The number of carbonyl (C=O) groups excluding carboxylic acids is 1. The van der Waals surface area contributed by atoms with Gasteiger partial charge < -0.3 is 9.47 Å². The van der Waals surface area contributed by atoms with Gasteiger partial charge in [-0.25, -0.2) is 0 Å². The molecule has 1 saturated carbocycles. The van der Waals surface area contributed by atoms with E-state index in [0.29, 0.717) is 5.92 Å². The smallest absolute Gasteiger partial charge is 0.217 e. The molecule has 0 amide bonds. The van der Waals surface area contributed by atoms with Gasteiger partial charge >= 0.3 is 0 Å². The van der Waals surface area contributed by atoms with E-state index >= 15 is 0 Å². The second-order valence-corrected chi connectivity index (χ2v) is 4.67. The first kappa shape index (κ1) is 12.7. The first-order valence-corrected chi connectivity index (χ1v) is 5.69. The van der Waals surface area contributed by atoms with E-state index in [1.807, 2.05) is 0 Å². The Hall–Kier alpha value is -0.410. The highest BCUT2D eigenvalue weighted by Gasteiger charge is 2.33. The summed E-state index contributed by atoms with van der Waals surface area (Å²) >= 11 is 0. The van der Waals surface area contributed by atoms with Gasteiger partial charge in [-0.1, -0.05) is 13.8 Å². The number of Topliss-reactive ketones (excluding diaryl/α,β-unsaturated/α-hetero) is 1. The van der Waals surface area contributed by atoms with Gasteiger partial charge in [-0.2, -0.15) is 0 Å². The number of rotatable bonds is 4. The van der Waals surface area contributed by atoms with Crippen molar-refractivity contribution in [2.45, 2.75) is 39.4 Å². The van der Waals surface area contributed by atoms with Gasteiger partial charge in [0.05, 0.1) is 0 Å². The molecule has 0 radical (unpaired) electrons. The van der Waals surface area contributed by atoms with Gasteiger partial charge in [-0.15, -0.1) is 0 Å².